The quantitative estimate of drug-likeness (QED) is 0.289. The summed E-state index contributed by atoms with van der Waals surface area (Å²) in [6.45, 7) is 0. The predicted octanol–water partition coefficient (Wildman–Crippen LogP) is 4.40. The van der Waals surface area contributed by atoms with Crippen molar-refractivity contribution in [2.75, 3.05) is 17.6 Å². The molecule has 204 valence electrons. The molecule has 2 aromatic heterocycles. The third-order valence-electron chi connectivity index (χ3n) is 5.87. The van der Waals surface area contributed by atoms with Crippen molar-refractivity contribution < 1.29 is 30.7 Å². The van der Waals surface area contributed by atoms with Crippen LogP contribution in [0.4, 0.5) is 29.2 Å². The van der Waals surface area contributed by atoms with E-state index in [-0.39, 0.29) is 27.9 Å². The van der Waals surface area contributed by atoms with E-state index in [1.807, 2.05) is 4.72 Å². The molecule has 0 saturated heterocycles. The highest BCUT2D eigenvalue weighted by Gasteiger charge is 2.24. The molecule has 0 aliphatic heterocycles. The van der Waals surface area contributed by atoms with Crippen molar-refractivity contribution in [2.45, 2.75) is 4.90 Å². The van der Waals surface area contributed by atoms with Crippen LogP contribution in [-0.2, 0) is 10.0 Å². The summed E-state index contributed by atoms with van der Waals surface area (Å²) < 4.78 is 90.3. The second-order valence-corrected chi connectivity index (χ2v) is 10.0. The maximum atomic E-state index is 14.5. The molecule has 0 aliphatic rings. The lowest BCUT2D eigenvalue weighted by Crippen LogP contribution is -2.25. The molecule has 40 heavy (non-hydrogen) atoms. The number of nitrogens with zero attached hydrogens (tertiary/aromatic N) is 3. The number of halogens is 4. The van der Waals surface area contributed by atoms with Gasteiger partial charge in [-0.25, -0.2) is 40.5 Å². The Hall–Kier alpha value is -4.98. The number of ether oxygens (including phenoxy) is 1. The van der Waals surface area contributed by atoms with Crippen molar-refractivity contribution in [1.29, 1.82) is 0 Å². The average molecular weight is 572 g/mol. The lowest BCUT2D eigenvalue weighted by Gasteiger charge is -2.14. The van der Waals surface area contributed by atoms with E-state index < -0.39 is 61.1 Å². The number of rotatable bonds is 6. The van der Waals surface area contributed by atoms with E-state index >= 15 is 0 Å². The van der Waals surface area contributed by atoms with Crippen LogP contribution < -0.4 is 20.8 Å². The number of nitrogens with one attached hydrogen (secondary N) is 1. The molecule has 0 radical (unpaired) electrons. The molecule has 3 aromatic carbocycles. The second kappa shape index (κ2) is 9.96. The van der Waals surface area contributed by atoms with Gasteiger partial charge in [0.05, 0.1) is 23.7 Å². The fourth-order valence-corrected chi connectivity index (χ4v) is 5.22. The van der Waals surface area contributed by atoms with E-state index in [4.69, 9.17) is 10.5 Å². The molecular weight excluding hydrogens is 554 g/mol. The zero-order chi connectivity index (χ0) is 28.8. The number of nitrogens with two attached hydrogens (primary N) is 1. The van der Waals surface area contributed by atoms with E-state index in [9.17, 15) is 30.8 Å². The molecule has 2 heterocycles. The number of benzene rings is 3. The Kier molecular flexibility index (Phi) is 6.63. The van der Waals surface area contributed by atoms with Crippen LogP contribution in [0, 0.1) is 23.3 Å². The van der Waals surface area contributed by atoms with Gasteiger partial charge in [0.25, 0.3) is 15.6 Å². The molecule has 5 aromatic rings. The van der Waals surface area contributed by atoms with Crippen LogP contribution in [0.15, 0.2) is 76.6 Å². The van der Waals surface area contributed by atoms with Crippen molar-refractivity contribution in [3.05, 3.63) is 100 Å². The Bertz CT molecular complexity index is 1960. The summed E-state index contributed by atoms with van der Waals surface area (Å²) in [5.41, 5.74) is 4.34. The molecule has 5 rings (SSSR count). The summed E-state index contributed by atoms with van der Waals surface area (Å²) in [4.78, 5) is 20.9. The zero-order valence-corrected chi connectivity index (χ0v) is 21.1. The first kappa shape index (κ1) is 26.6. The van der Waals surface area contributed by atoms with Gasteiger partial charge in [-0.2, -0.15) is 0 Å². The van der Waals surface area contributed by atoms with E-state index in [2.05, 4.69) is 9.97 Å². The van der Waals surface area contributed by atoms with Gasteiger partial charge in [0.1, 0.15) is 33.9 Å². The van der Waals surface area contributed by atoms with Crippen molar-refractivity contribution in [3.63, 3.8) is 0 Å². The Morgan fingerprint density at radius 3 is 2.33 bits per heavy atom. The van der Waals surface area contributed by atoms with Gasteiger partial charge in [-0.05, 0) is 48.0 Å². The number of pyridine rings is 1. The number of para-hydroxylation sites is 1. The van der Waals surface area contributed by atoms with E-state index in [0.717, 1.165) is 36.4 Å². The van der Waals surface area contributed by atoms with Crippen molar-refractivity contribution in [3.8, 4) is 22.7 Å². The van der Waals surface area contributed by atoms with Crippen molar-refractivity contribution in [1.82, 2.24) is 14.5 Å². The maximum Gasteiger partial charge on any atom is 0.267 e. The summed E-state index contributed by atoms with van der Waals surface area (Å²) >= 11 is 0. The molecule has 0 spiro atoms. The highest BCUT2D eigenvalue weighted by molar-refractivity contribution is 7.92. The summed E-state index contributed by atoms with van der Waals surface area (Å²) in [6, 6.07) is 10.7. The number of nitrogen functional groups attached to an aromatic ring is 1. The first-order valence-corrected chi connectivity index (χ1v) is 12.8. The Labute approximate surface area is 223 Å². The van der Waals surface area contributed by atoms with Gasteiger partial charge in [0.15, 0.2) is 0 Å². The topological polar surface area (TPSA) is 129 Å². The number of aromatic nitrogens is 3. The monoisotopic (exact) mass is 571 g/mol. The number of fused-ring (bicyclic) bond motifs is 1. The first-order chi connectivity index (χ1) is 19.0. The second-order valence-electron chi connectivity index (χ2n) is 8.37. The number of methoxy groups -OCH3 is 1. The SMILES string of the molecule is COc1ncc(-c2ccc3nc(N)n(-c4c(F)cccc4F)c(=O)c3c2)cc1S(=O)(=O)Nc1ccc(F)cc1F. The summed E-state index contributed by atoms with van der Waals surface area (Å²) in [5.74, 6) is -4.89. The van der Waals surface area contributed by atoms with Crippen LogP contribution in [0.2, 0.25) is 0 Å². The fraction of sp³-hybridized carbons (Fsp3) is 0.0385. The molecule has 3 N–H and O–H groups in total. The standard InChI is InChI=1S/C26H17F4N5O4S/c1-39-24-22(40(37,38)34-21-8-6-15(27)11-19(21)30)10-14(12-32-24)13-5-7-20-16(9-13)25(36)35(26(31)33-20)23-17(28)3-2-4-18(23)29/h2-12,34H,1H3,(H2,31,33). The van der Waals surface area contributed by atoms with Crippen LogP contribution in [0.1, 0.15) is 0 Å². The van der Waals surface area contributed by atoms with Gasteiger partial charge in [0.2, 0.25) is 11.8 Å². The largest absolute Gasteiger partial charge is 0.480 e. The minimum Gasteiger partial charge on any atom is -0.480 e. The van der Waals surface area contributed by atoms with Gasteiger partial charge in [-0.15, -0.1) is 0 Å². The molecule has 0 unspecified atom stereocenters. The van der Waals surface area contributed by atoms with Crippen LogP contribution in [0.25, 0.3) is 27.7 Å². The molecule has 0 atom stereocenters. The molecule has 0 saturated carbocycles. The van der Waals surface area contributed by atoms with Crippen LogP contribution in [0.3, 0.4) is 0 Å². The van der Waals surface area contributed by atoms with E-state index in [1.54, 1.807) is 0 Å². The number of sulfonamides is 1. The minimum absolute atomic E-state index is 0.0823. The normalized spacial score (nSPS) is 11.5. The first-order valence-electron chi connectivity index (χ1n) is 11.3. The molecule has 0 amide bonds. The van der Waals surface area contributed by atoms with Crippen LogP contribution in [-0.4, -0.2) is 30.1 Å². The molecular formula is C26H17F4N5O4S. The zero-order valence-electron chi connectivity index (χ0n) is 20.3. The Balaban J connectivity index is 1.64. The lowest BCUT2D eigenvalue weighted by molar-refractivity contribution is 0.385. The highest BCUT2D eigenvalue weighted by atomic mass is 32.2. The van der Waals surface area contributed by atoms with Gasteiger partial charge in [-0.3, -0.25) is 9.52 Å². The summed E-state index contributed by atoms with van der Waals surface area (Å²) in [7, 11) is -3.33. The average Bonchev–Trinajstić information content (AvgIpc) is 2.91. The molecule has 0 fully saturated rings. The molecule has 0 aliphatic carbocycles. The predicted molar refractivity (Wildman–Crippen MR) is 139 cm³/mol. The minimum atomic E-state index is -4.51. The molecule has 0 bridgehead atoms. The summed E-state index contributed by atoms with van der Waals surface area (Å²) in [6.07, 6.45) is 1.26. The fourth-order valence-electron chi connectivity index (χ4n) is 4.01. The van der Waals surface area contributed by atoms with Crippen LogP contribution >= 0.6 is 0 Å². The number of hydrogen-bond donors (Lipinski definition) is 2. The van der Waals surface area contributed by atoms with Gasteiger partial charge in [-0.1, -0.05) is 12.1 Å². The smallest absolute Gasteiger partial charge is 0.267 e. The summed E-state index contributed by atoms with van der Waals surface area (Å²) in [5, 5.41) is -0.0823. The molecule has 14 heteroatoms. The van der Waals surface area contributed by atoms with Gasteiger partial charge >= 0.3 is 0 Å². The van der Waals surface area contributed by atoms with E-state index in [1.165, 1.54) is 31.5 Å². The molecule has 9 nitrogen and oxygen atoms in total. The van der Waals surface area contributed by atoms with Crippen molar-refractivity contribution in [2.24, 2.45) is 0 Å². The number of anilines is 2. The van der Waals surface area contributed by atoms with Crippen LogP contribution in [0.5, 0.6) is 5.88 Å². The van der Waals surface area contributed by atoms with Gasteiger partial charge < -0.3 is 10.5 Å². The highest BCUT2D eigenvalue weighted by Crippen LogP contribution is 2.31. The van der Waals surface area contributed by atoms with E-state index in [0.29, 0.717) is 10.6 Å². The van der Waals surface area contributed by atoms with Gasteiger partial charge in [0, 0.05) is 17.8 Å². The third kappa shape index (κ3) is 4.68. The Morgan fingerprint density at radius 2 is 1.65 bits per heavy atom. The lowest BCUT2D eigenvalue weighted by atomic mass is 10.1. The maximum absolute atomic E-state index is 14.5. The number of hydrogen-bond acceptors (Lipinski definition) is 7. The third-order valence-corrected chi connectivity index (χ3v) is 7.23. The Morgan fingerprint density at radius 1 is 0.925 bits per heavy atom. The van der Waals surface area contributed by atoms with Crippen molar-refractivity contribution >= 4 is 32.6 Å².